The van der Waals surface area contributed by atoms with E-state index in [4.69, 9.17) is 9.36 Å². The van der Waals surface area contributed by atoms with Crippen LogP contribution in [0.15, 0.2) is 24.3 Å². The monoisotopic (exact) mass is 213 g/mol. The van der Waals surface area contributed by atoms with Crippen LogP contribution < -0.4 is 15.5 Å². The highest BCUT2D eigenvalue weighted by atomic mass is 31.1. The quantitative estimate of drug-likeness (QED) is 0.598. The normalized spacial score (nSPS) is 12.5. The van der Waals surface area contributed by atoms with Crippen LogP contribution in [0.5, 0.6) is 5.75 Å². The minimum absolute atomic E-state index is 0.566. The van der Waals surface area contributed by atoms with Crippen molar-refractivity contribution in [1.29, 1.82) is 0 Å². The van der Waals surface area contributed by atoms with Gasteiger partial charge in [0.25, 0.3) is 0 Å². The molecule has 1 N–H and O–H groups in total. The van der Waals surface area contributed by atoms with Crippen molar-refractivity contribution in [3.63, 3.8) is 0 Å². The minimum atomic E-state index is -0.566. The molecule has 0 spiro atoms. The molecule has 0 bridgehead atoms. The molecule has 14 heavy (non-hydrogen) atoms. The van der Waals surface area contributed by atoms with E-state index in [1.807, 2.05) is 31.2 Å². The Morgan fingerprint density at radius 3 is 2.43 bits per heavy atom. The number of hydroxylamine groups is 1. The third-order valence-electron chi connectivity index (χ3n) is 1.78. The van der Waals surface area contributed by atoms with Gasteiger partial charge in [-0.1, -0.05) is 6.92 Å². The highest BCUT2D eigenvalue weighted by Crippen LogP contribution is 2.29. The summed E-state index contributed by atoms with van der Waals surface area (Å²) in [5.74, 6) is 0.876. The van der Waals surface area contributed by atoms with Crippen LogP contribution in [0.25, 0.3) is 0 Å². The fourth-order valence-electron chi connectivity index (χ4n) is 1.01. The molecule has 0 aromatic heterocycles. The first kappa shape index (κ1) is 11.4. The molecule has 1 aromatic carbocycles. The van der Waals surface area contributed by atoms with Crippen LogP contribution in [0.3, 0.4) is 0 Å². The maximum absolute atomic E-state index is 5.42. The summed E-state index contributed by atoms with van der Waals surface area (Å²) in [5.41, 5.74) is 2.87. The number of ether oxygens (including phenoxy) is 1. The zero-order valence-electron chi connectivity index (χ0n) is 8.78. The van der Waals surface area contributed by atoms with Gasteiger partial charge in [0.1, 0.15) is 5.75 Å². The number of methoxy groups -OCH3 is 1. The topological polar surface area (TPSA) is 30.5 Å². The average molecular weight is 213 g/mol. The summed E-state index contributed by atoms with van der Waals surface area (Å²) in [5, 5.41) is 1.20. The molecule has 4 heteroatoms. The van der Waals surface area contributed by atoms with E-state index >= 15 is 0 Å². The molecule has 0 aliphatic rings. The molecular weight excluding hydrogens is 197 g/mol. The van der Waals surface area contributed by atoms with Crippen molar-refractivity contribution in [2.24, 2.45) is 0 Å². The maximum Gasteiger partial charge on any atom is 0.118 e. The van der Waals surface area contributed by atoms with Crippen molar-refractivity contribution in [2.45, 2.75) is 6.92 Å². The van der Waals surface area contributed by atoms with Gasteiger partial charge in [-0.05, 0) is 30.9 Å². The van der Waals surface area contributed by atoms with Crippen LogP contribution in [-0.2, 0) is 4.62 Å². The van der Waals surface area contributed by atoms with Crippen LogP contribution in [0.1, 0.15) is 6.92 Å². The van der Waals surface area contributed by atoms with E-state index in [0.29, 0.717) is 0 Å². The summed E-state index contributed by atoms with van der Waals surface area (Å²) in [6, 6.07) is 7.96. The van der Waals surface area contributed by atoms with Gasteiger partial charge in [-0.15, -0.1) is 0 Å². The molecular formula is C10H16NO2P. The summed E-state index contributed by atoms with van der Waals surface area (Å²) in [6.45, 7) is 4.90. The lowest BCUT2D eigenvalue weighted by Gasteiger charge is -2.12. The summed E-state index contributed by atoms with van der Waals surface area (Å²) in [6.07, 6.45) is 0. The second-order valence-corrected chi connectivity index (χ2v) is 4.48. The van der Waals surface area contributed by atoms with Crippen molar-refractivity contribution in [2.75, 3.05) is 20.3 Å². The Morgan fingerprint density at radius 1 is 1.29 bits per heavy atom. The molecule has 0 radical (unpaired) electrons. The van der Waals surface area contributed by atoms with Gasteiger partial charge < -0.3 is 4.74 Å². The van der Waals surface area contributed by atoms with E-state index in [-0.39, 0.29) is 0 Å². The Kier molecular flexibility index (Phi) is 4.88. The Balaban J connectivity index is 2.57. The van der Waals surface area contributed by atoms with Crippen LogP contribution in [0, 0.1) is 0 Å². The van der Waals surface area contributed by atoms with E-state index < -0.39 is 8.15 Å². The summed E-state index contributed by atoms with van der Waals surface area (Å²) in [4.78, 5) is 0. The van der Waals surface area contributed by atoms with Gasteiger partial charge in [-0.25, -0.2) is 0 Å². The minimum Gasteiger partial charge on any atom is -0.497 e. The van der Waals surface area contributed by atoms with Crippen LogP contribution in [0.2, 0.25) is 0 Å². The molecule has 0 aliphatic heterocycles. The zero-order chi connectivity index (χ0) is 10.4. The molecule has 1 atom stereocenters. The standard InChI is InChI=1S/C10H16NO2P/c1-4-11-13-14(3)10-7-5-9(12-2)6-8-10/h5-8,11H,4H2,1-3H3. The van der Waals surface area contributed by atoms with Gasteiger partial charge in [-0.3, -0.25) is 4.62 Å². The van der Waals surface area contributed by atoms with Crippen molar-refractivity contribution in [3.05, 3.63) is 24.3 Å². The molecule has 3 nitrogen and oxygen atoms in total. The Bertz CT molecular complexity index is 263. The van der Waals surface area contributed by atoms with Crippen molar-refractivity contribution in [3.8, 4) is 5.75 Å². The number of nitrogens with one attached hydrogen (secondary N) is 1. The van der Waals surface area contributed by atoms with Crippen molar-refractivity contribution < 1.29 is 9.36 Å². The predicted octanol–water partition coefficient (Wildman–Crippen LogP) is 1.89. The lowest BCUT2D eigenvalue weighted by atomic mass is 10.3. The van der Waals surface area contributed by atoms with E-state index in [1.165, 1.54) is 5.30 Å². The number of benzene rings is 1. The summed E-state index contributed by atoms with van der Waals surface area (Å²) < 4.78 is 10.5. The van der Waals surface area contributed by atoms with Crippen molar-refractivity contribution >= 4 is 13.5 Å². The molecule has 1 unspecified atom stereocenters. The lowest BCUT2D eigenvalue weighted by molar-refractivity contribution is 0.233. The zero-order valence-corrected chi connectivity index (χ0v) is 9.67. The van der Waals surface area contributed by atoms with Gasteiger partial charge in [0, 0.05) is 11.8 Å². The van der Waals surface area contributed by atoms with Crippen LogP contribution >= 0.6 is 8.15 Å². The molecule has 1 rings (SSSR count). The van der Waals surface area contributed by atoms with E-state index in [0.717, 1.165) is 12.3 Å². The smallest absolute Gasteiger partial charge is 0.118 e. The van der Waals surface area contributed by atoms with Crippen molar-refractivity contribution in [1.82, 2.24) is 5.48 Å². The number of hydrogen-bond donors (Lipinski definition) is 1. The molecule has 0 saturated carbocycles. The van der Waals surface area contributed by atoms with E-state index in [2.05, 4.69) is 12.1 Å². The van der Waals surface area contributed by atoms with Crippen LogP contribution in [-0.4, -0.2) is 20.3 Å². The molecule has 0 aliphatic carbocycles. The third kappa shape index (κ3) is 3.26. The summed E-state index contributed by atoms with van der Waals surface area (Å²) >= 11 is 0. The first-order valence-corrected chi connectivity index (χ1v) is 6.26. The Labute approximate surface area is 86.2 Å². The maximum atomic E-state index is 5.42. The second kappa shape index (κ2) is 5.97. The van der Waals surface area contributed by atoms with Gasteiger partial charge in [0.05, 0.1) is 15.3 Å². The average Bonchev–Trinajstić information content (AvgIpc) is 2.26. The molecule has 0 heterocycles. The molecule has 0 amide bonds. The van der Waals surface area contributed by atoms with Gasteiger partial charge in [-0.2, -0.15) is 5.48 Å². The predicted molar refractivity (Wildman–Crippen MR) is 60.2 cm³/mol. The SMILES string of the molecule is CCNOP(C)c1ccc(OC)cc1. The van der Waals surface area contributed by atoms with Gasteiger partial charge >= 0.3 is 0 Å². The van der Waals surface area contributed by atoms with E-state index in [1.54, 1.807) is 7.11 Å². The first-order chi connectivity index (χ1) is 6.77. The number of hydrogen-bond acceptors (Lipinski definition) is 3. The van der Waals surface area contributed by atoms with Crippen LogP contribution in [0.4, 0.5) is 0 Å². The van der Waals surface area contributed by atoms with Gasteiger partial charge in [0.2, 0.25) is 0 Å². The fourth-order valence-corrected chi connectivity index (χ4v) is 2.00. The highest BCUT2D eigenvalue weighted by molar-refractivity contribution is 7.60. The lowest BCUT2D eigenvalue weighted by Crippen LogP contribution is -2.13. The molecule has 0 fully saturated rings. The molecule has 78 valence electrons. The Morgan fingerprint density at radius 2 is 1.93 bits per heavy atom. The molecule has 1 aromatic rings. The summed E-state index contributed by atoms with van der Waals surface area (Å²) in [7, 11) is 1.10. The third-order valence-corrected chi connectivity index (χ3v) is 3.21. The largest absolute Gasteiger partial charge is 0.497 e. The van der Waals surface area contributed by atoms with Gasteiger partial charge in [0.15, 0.2) is 0 Å². The Hall–Kier alpha value is -0.630. The van der Waals surface area contributed by atoms with E-state index in [9.17, 15) is 0 Å². The first-order valence-electron chi connectivity index (χ1n) is 4.55. The second-order valence-electron chi connectivity index (χ2n) is 2.78. The molecule has 0 saturated heterocycles. The fraction of sp³-hybridized carbons (Fsp3) is 0.400. The number of rotatable bonds is 5. The highest BCUT2D eigenvalue weighted by Gasteiger charge is 2.05.